The SMILES string of the molecule is CCCCN(CCO)c1cc(C(=O)O)nc2ccccc12. The van der Waals surface area contributed by atoms with Crippen molar-refractivity contribution >= 4 is 22.6 Å². The Balaban J connectivity index is 2.54. The lowest BCUT2D eigenvalue weighted by Crippen LogP contribution is -2.28. The first-order chi connectivity index (χ1) is 10.2. The van der Waals surface area contributed by atoms with Crippen molar-refractivity contribution in [2.75, 3.05) is 24.6 Å². The topological polar surface area (TPSA) is 73.7 Å². The van der Waals surface area contributed by atoms with Gasteiger partial charge in [0, 0.05) is 24.2 Å². The van der Waals surface area contributed by atoms with Crippen molar-refractivity contribution in [1.29, 1.82) is 0 Å². The van der Waals surface area contributed by atoms with Crippen LogP contribution >= 0.6 is 0 Å². The number of aromatic carboxylic acids is 1. The molecule has 1 aromatic heterocycles. The second-order valence-electron chi connectivity index (χ2n) is 4.91. The van der Waals surface area contributed by atoms with Crippen molar-refractivity contribution in [3.63, 3.8) is 0 Å². The minimum absolute atomic E-state index is 0.0305. The number of aliphatic hydroxyl groups is 1. The molecule has 0 aliphatic carbocycles. The van der Waals surface area contributed by atoms with Gasteiger partial charge in [-0.2, -0.15) is 0 Å². The van der Waals surface area contributed by atoms with Crippen LogP contribution in [0.25, 0.3) is 10.9 Å². The minimum Gasteiger partial charge on any atom is -0.477 e. The number of hydrogen-bond acceptors (Lipinski definition) is 4. The van der Waals surface area contributed by atoms with Crippen LogP contribution in [0, 0.1) is 0 Å². The zero-order valence-corrected chi connectivity index (χ0v) is 12.1. The van der Waals surface area contributed by atoms with E-state index in [4.69, 9.17) is 0 Å². The van der Waals surface area contributed by atoms with E-state index in [1.165, 1.54) is 0 Å². The van der Waals surface area contributed by atoms with Crippen LogP contribution in [0.15, 0.2) is 30.3 Å². The Kier molecular flexibility index (Phi) is 5.11. The van der Waals surface area contributed by atoms with Crippen LogP contribution in [0.4, 0.5) is 5.69 Å². The van der Waals surface area contributed by atoms with Crippen LogP contribution < -0.4 is 4.90 Å². The van der Waals surface area contributed by atoms with E-state index in [9.17, 15) is 15.0 Å². The number of anilines is 1. The Labute approximate surface area is 123 Å². The molecule has 21 heavy (non-hydrogen) atoms. The van der Waals surface area contributed by atoms with Crippen molar-refractivity contribution in [3.05, 3.63) is 36.0 Å². The molecule has 1 aromatic carbocycles. The molecule has 2 N–H and O–H groups in total. The monoisotopic (exact) mass is 288 g/mol. The maximum absolute atomic E-state index is 11.3. The third-order valence-electron chi connectivity index (χ3n) is 3.41. The van der Waals surface area contributed by atoms with Gasteiger partial charge in [-0.05, 0) is 18.6 Å². The molecule has 0 spiro atoms. The second-order valence-corrected chi connectivity index (χ2v) is 4.91. The lowest BCUT2D eigenvalue weighted by Gasteiger charge is -2.25. The number of nitrogens with zero attached hydrogens (tertiary/aromatic N) is 2. The maximum atomic E-state index is 11.3. The summed E-state index contributed by atoms with van der Waals surface area (Å²) in [6.07, 6.45) is 2.02. The molecular formula is C16H20N2O3. The van der Waals surface area contributed by atoms with Crippen LogP contribution in [0.3, 0.4) is 0 Å². The Hall–Kier alpha value is -2.14. The summed E-state index contributed by atoms with van der Waals surface area (Å²) in [5.41, 5.74) is 1.51. The first kappa shape index (κ1) is 15.3. The van der Waals surface area contributed by atoms with E-state index >= 15 is 0 Å². The number of aromatic nitrogens is 1. The molecule has 0 fully saturated rings. The summed E-state index contributed by atoms with van der Waals surface area (Å²) in [6.45, 7) is 3.39. The highest BCUT2D eigenvalue weighted by molar-refractivity contribution is 5.97. The number of benzene rings is 1. The van der Waals surface area contributed by atoms with Crippen LogP contribution in [0.1, 0.15) is 30.3 Å². The normalized spacial score (nSPS) is 10.8. The van der Waals surface area contributed by atoms with Gasteiger partial charge in [0.2, 0.25) is 0 Å². The summed E-state index contributed by atoms with van der Waals surface area (Å²) in [5.74, 6) is -1.04. The van der Waals surface area contributed by atoms with Crippen LogP contribution in [-0.4, -0.2) is 40.9 Å². The van der Waals surface area contributed by atoms with Crippen LogP contribution in [-0.2, 0) is 0 Å². The molecule has 0 amide bonds. The number of para-hydroxylation sites is 1. The molecule has 0 aliphatic heterocycles. The summed E-state index contributed by atoms with van der Waals surface area (Å²) in [4.78, 5) is 17.5. The molecule has 0 unspecified atom stereocenters. The number of unbranched alkanes of at least 4 members (excludes halogenated alkanes) is 1. The lowest BCUT2D eigenvalue weighted by atomic mass is 10.1. The number of carboxylic acids is 1. The fraction of sp³-hybridized carbons (Fsp3) is 0.375. The summed E-state index contributed by atoms with van der Waals surface area (Å²) < 4.78 is 0. The lowest BCUT2D eigenvalue weighted by molar-refractivity contribution is 0.0691. The molecule has 0 radical (unpaired) electrons. The van der Waals surface area contributed by atoms with Crippen LogP contribution in [0.5, 0.6) is 0 Å². The fourth-order valence-electron chi connectivity index (χ4n) is 2.35. The summed E-state index contributed by atoms with van der Waals surface area (Å²) in [5, 5.41) is 19.4. The van der Waals surface area contributed by atoms with Gasteiger partial charge in [0.05, 0.1) is 12.1 Å². The minimum atomic E-state index is -1.04. The molecule has 0 bridgehead atoms. The van der Waals surface area contributed by atoms with E-state index in [-0.39, 0.29) is 12.3 Å². The van der Waals surface area contributed by atoms with Crippen molar-refractivity contribution in [3.8, 4) is 0 Å². The Morgan fingerprint density at radius 1 is 1.29 bits per heavy atom. The maximum Gasteiger partial charge on any atom is 0.354 e. The highest BCUT2D eigenvalue weighted by atomic mass is 16.4. The molecule has 2 aromatic rings. The number of carbonyl (C=O) groups is 1. The summed E-state index contributed by atoms with van der Waals surface area (Å²) in [7, 11) is 0. The van der Waals surface area contributed by atoms with Gasteiger partial charge in [-0.3, -0.25) is 0 Å². The van der Waals surface area contributed by atoms with E-state index < -0.39 is 5.97 Å². The molecular weight excluding hydrogens is 268 g/mol. The van der Waals surface area contributed by atoms with Gasteiger partial charge in [-0.25, -0.2) is 9.78 Å². The second kappa shape index (κ2) is 7.04. The van der Waals surface area contributed by atoms with Crippen molar-refractivity contribution in [2.24, 2.45) is 0 Å². The Morgan fingerprint density at radius 3 is 2.71 bits per heavy atom. The molecule has 2 rings (SSSR count). The number of aliphatic hydroxyl groups excluding tert-OH is 1. The van der Waals surface area contributed by atoms with Gasteiger partial charge in [0.25, 0.3) is 0 Å². The Morgan fingerprint density at radius 2 is 2.05 bits per heavy atom. The third kappa shape index (κ3) is 3.49. The highest BCUT2D eigenvalue weighted by Crippen LogP contribution is 2.27. The molecule has 112 valence electrons. The van der Waals surface area contributed by atoms with E-state index in [1.54, 1.807) is 6.07 Å². The van der Waals surface area contributed by atoms with Crippen molar-refractivity contribution < 1.29 is 15.0 Å². The standard InChI is InChI=1S/C16H20N2O3/c1-2-3-8-18(9-10-19)15-11-14(16(20)21)17-13-7-5-4-6-12(13)15/h4-7,11,19H,2-3,8-10H2,1H3,(H,20,21). The zero-order chi connectivity index (χ0) is 15.2. The first-order valence-electron chi connectivity index (χ1n) is 7.16. The number of rotatable bonds is 7. The molecule has 1 heterocycles. The average Bonchev–Trinajstić information content (AvgIpc) is 2.50. The van der Waals surface area contributed by atoms with Gasteiger partial charge in [0.15, 0.2) is 5.69 Å². The Bertz CT molecular complexity index is 628. The molecule has 0 atom stereocenters. The molecule has 0 saturated carbocycles. The molecule has 0 saturated heterocycles. The smallest absolute Gasteiger partial charge is 0.354 e. The predicted octanol–water partition coefficient (Wildman–Crippen LogP) is 2.53. The number of hydrogen-bond donors (Lipinski definition) is 2. The van der Waals surface area contributed by atoms with Crippen molar-refractivity contribution in [2.45, 2.75) is 19.8 Å². The molecule has 0 aliphatic rings. The van der Waals surface area contributed by atoms with Gasteiger partial charge in [-0.1, -0.05) is 31.5 Å². The first-order valence-corrected chi connectivity index (χ1v) is 7.16. The van der Waals surface area contributed by atoms with E-state index in [0.717, 1.165) is 30.5 Å². The number of fused-ring (bicyclic) bond motifs is 1. The fourth-order valence-corrected chi connectivity index (χ4v) is 2.35. The van der Waals surface area contributed by atoms with E-state index in [0.29, 0.717) is 12.1 Å². The van der Waals surface area contributed by atoms with Gasteiger partial charge < -0.3 is 15.1 Å². The highest BCUT2D eigenvalue weighted by Gasteiger charge is 2.15. The summed E-state index contributed by atoms with van der Waals surface area (Å²) >= 11 is 0. The average molecular weight is 288 g/mol. The van der Waals surface area contributed by atoms with Crippen molar-refractivity contribution in [1.82, 2.24) is 4.98 Å². The largest absolute Gasteiger partial charge is 0.477 e. The number of carboxylic acid groups (broad SMARTS) is 1. The van der Waals surface area contributed by atoms with E-state index in [1.807, 2.05) is 29.2 Å². The quantitative estimate of drug-likeness (QED) is 0.819. The van der Waals surface area contributed by atoms with Gasteiger partial charge >= 0.3 is 5.97 Å². The van der Waals surface area contributed by atoms with Gasteiger partial charge in [0.1, 0.15) is 0 Å². The molecule has 5 heteroatoms. The van der Waals surface area contributed by atoms with Crippen LogP contribution in [0.2, 0.25) is 0 Å². The van der Waals surface area contributed by atoms with E-state index in [2.05, 4.69) is 11.9 Å². The third-order valence-corrected chi connectivity index (χ3v) is 3.41. The number of pyridine rings is 1. The molecule has 5 nitrogen and oxygen atoms in total. The summed E-state index contributed by atoms with van der Waals surface area (Å²) in [6, 6.07) is 9.08. The zero-order valence-electron chi connectivity index (χ0n) is 12.1. The predicted molar refractivity (Wildman–Crippen MR) is 82.9 cm³/mol. The van der Waals surface area contributed by atoms with Gasteiger partial charge in [-0.15, -0.1) is 0 Å².